The number of aromatic nitrogens is 3. The van der Waals surface area contributed by atoms with Gasteiger partial charge < -0.3 is 9.64 Å². The number of benzene rings is 1. The van der Waals surface area contributed by atoms with E-state index in [0.717, 1.165) is 35.6 Å². The van der Waals surface area contributed by atoms with Crippen LogP contribution in [0.1, 0.15) is 0 Å². The van der Waals surface area contributed by atoms with E-state index in [9.17, 15) is 0 Å². The number of pyridine rings is 1. The molecule has 5 heteroatoms. The lowest BCUT2D eigenvalue weighted by atomic mass is 10.0. The Kier molecular flexibility index (Phi) is 3.31. The van der Waals surface area contributed by atoms with Gasteiger partial charge in [-0.25, -0.2) is 9.97 Å². The summed E-state index contributed by atoms with van der Waals surface area (Å²) in [7, 11) is 0. The summed E-state index contributed by atoms with van der Waals surface area (Å²) in [5.74, 6) is 2.37. The highest BCUT2D eigenvalue weighted by Crippen LogP contribution is 2.28. The van der Waals surface area contributed by atoms with Crippen molar-refractivity contribution in [2.24, 2.45) is 5.92 Å². The monoisotopic (exact) mass is 292 g/mol. The highest BCUT2D eigenvalue weighted by atomic mass is 16.5. The molecule has 1 aliphatic rings. The molecule has 1 fully saturated rings. The molecule has 110 valence electrons. The van der Waals surface area contributed by atoms with Crippen molar-refractivity contribution in [1.29, 1.82) is 0 Å². The summed E-state index contributed by atoms with van der Waals surface area (Å²) in [5, 5.41) is 1.11. The lowest BCUT2D eigenvalue weighted by Gasteiger charge is -2.40. The normalized spacial score (nSPS) is 14.8. The van der Waals surface area contributed by atoms with Crippen LogP contribution in [0.2, 0.25) is 0 Å². The summed E-state index contributed by atoms with van der Waals surface area (Å²) in [6, 6.07) is 11.9. The minimum atomic E-state index is 0.522. The Labute approximate surface area is 128 Å². The van der Waals surface area contributed by atoms with Gasteiger partial charge in [-0.2, -0.15) is 0 Å². The molecule has 1 aliphatic heterocycles. The first kappa shape index (κ1) is 13.0. The Balaban J connectivity index is 1.40. The van der Waals surface area contributed by atoms with Gasteiger partial charge in [0.1, 0.15) is 17.9 Å². The summed E-state index contributed by atoms with van der Waals surface area (Å²) in [6.07, 6.45) is 5.13. The van der Waals surface area contributed by atoms with Crippen LogP contribution in [0.4, 0.5) is 5.82 Å². The Bertz CT molecular complexity index is 766. The molecule has 0 atom stereocenters. The number of ether oxygens (including phenoxy) is 1. The van der Waals surface area contributed by atoms with Crippen LogP contribution in [0.25, 0.3) is 10.9 Å². The molecule has 0 aliphatic carbocycles. The summed E-state index contributed by atoms with van der Waals surface area (Å²) in [4.78, 5) is 15.1. The lowest BCUT2D eigenvalue weighted by molar-refractivity contribution is 0.220. The van der Waals surface area contributed by atoms with Crippen molar-refractivity contribution < 1.29 is 4.74 Å². The zero-order chi connectivity index (χ0) is 14.8. The van der Waals surface area contributed by atoms with Crippen LogP contribution in [-0.4, -0.2) is 34.6 Å². The first-order valence-electron chi connectivity index (χ1n) is 7.37. The Morgan fingerprint density at radius 3 is 2.86 bits per heavy atom. The number of nitrogens with zero attached hydrogens (tertiary/aromatic N) is 4. The molecule has 0 spiro atoms. The topological polar surface area (TPSA) is 51.1 Å². The van der Waals surface area contributed by atoms with Gasteiger partial charge in [0, 0.05) is 30.6 Å². The molecule has 22 heavy (non-hydrogen) atoms. The van der Waals surface area contributed by atoms with Crippen molar-refractivity contribution in [1.82, 2.24) is 15.0 Å². The van der Waals surface area contributed by atoms with E-state index < -0.39 is 0 Å². The first-order valence-corrected chi connectivity index (χ1v) is 7.37. The number of fused-ring (bicyclic) bond motifs is 1. The van der Waals surface area contributed by atoms with Crippen molar-refractivity contribution >= 4 is 16.7 Å². The van der Waals surface area contributed by atoms with E-state index in [4.69, 9.17) is 4.74 Å². The summed E-state index contributed by atoms with van der Waals surface area (Å²) < 4.78 is 5.76. The molecule has 4 rings (SSSR count). The fourth-order valence-corrected chi connectivity index (χ4v) is 2.74. The number of anilines is 1. The van der Waals surface area contributed by atoms with Crippen LogP contribution in [0, 0.1) is 5.92 Å². The van der Waals surface area contributed by atoms with E-state index in [-0.39, 0.29) is 0 Å². The van der Waals surface area contributed by atoms with Crippen molar-refractivity contribution in [3.8, 4) is 5.75 Å². The molecule has 1 aromatic carbocycles. The van der Waals surface area contributed by atoms with Gasteiger partial charge in [0.2, 0.25) is 0 Å². The second-order valence-corrected chi connectivity index (χ2v) is 5.49. The van der Waals surface area contributed by atoms with Crippen LogP contribution in [0.15, 0.2) is 55.1 Å². The van der Waals surface area contributed by atoms with Crippen LogP contribution in [0.3, 0.4) is 0 Å². The molecule has 0 unspecified atom stereocenters. The fourth-order valence-electron chi connectivity index (χ4n) is 2.74. The minimum Gasteiger partial charge on any atom is -0.492 e. The average Bonchev–Trinajstić information content (AvgIpc) is 2.54. The molecular formula is C17H16N4O. The van der Waals surface area contributed by atoms with E-state index >= 15 is 0 Å². The molecular weight excluding hydrogens is 276 g/mol. The number of hydrogen-bond acceptors (Lipinski definition) is 5. The summed E-state index contributed by atoms with van der Waals surface area (Å²) >= 11 is 0. The van der Waals surface area contributed by atoms with Crippen molar-refractivity contribution in [3.05, 3.63) is 55.1 Å². The quantitative estimate of drug-likeness (QED) is 0.739. The van der Waals surface area contributed by atoms with Crippen LogP contribution >= 0.6 is 0 Å². The van der Waals surface area contributed by atoms with Gasteiger partial charge in [0.15, 0.2) is 0 Å². The van der Waals surface area contributed by atoms with E-state index in [2.05, 4.69) is 25.9 Å². The average molecular weight is 292 g/mol. The third-order valence-electron chi connectivity index (χ3n) is 3.90. The van der Waals surface area contributed by atoms with Gasteiger partial charge in [0.05, 0.1) is 18.3 Å². The molecule has 0 bridgehead atoms. The number of hydrogen-bond donors (Lipinski definition) is 0. The maximum atomic E-state index is 5.76. The molecule has 3 aromatic rings. The van der Waals surface area contributed by atoms with E-state index in [1.165, 1.54) is 0 Å². The summed E-state index contributed by atoms with van der Waals surface area (Å²) in [6.45, 7) is 2.63. The molecule has 0 radical (unpaired) electrons. The summed E-state index contributed by atoms with van der Waals surface area (Å²) in [5.41, 5.74) is 0.988. The largest absolute Gasteiger partial charge is 0.492 e. The SMILES string of the molecule is c1cncc(OCC2CN(c3ncnc4ccccc34)C2)c1. The smallest absolute Gasteiger partial charge is 0.139 e. The predicted molar refractivity (Wildman–Crippen MR) is 85.0 cm³/mol. The third kappa shape index (κ3) is 2.45. The molecule has 1 saturated heterocycles. The number of para-hydroxylation sites is 1. The fraction of sp³-hybridized carbons (Fsp3) is 0.235. The molecule has 0 saturated carbocycles. The second-order valence-electron chi connectivity index (χ2n) is 5.49. The standard InChI is InChI=1S/C17H16N4O/c1-2-6-16-15(5-1)17(20-12-19-16)21-9-13(10-21)11-22-14-4-3-7-18-8-14/h1-8,12-13H,9-11H2. The van der Waals surface area contributed by atoms with E-state index in [0.29, 0.717) is 12.5 Å². The molecule has 3 heterocycles. The van der Waals surface area contributed by atoms with Gasteiger partial charge in [-0.1, -0.05) is 12.1 Å². The maximum Gasteiger partial charge on any atom is 0.139 e. The third-order valence-corrected chi connectivity index (χ3v) is 3.90. The molecule has 0 amide bonds. The van der Waals surface area contributed by atoms with Crippen molar-refractivity contribution in [2.45, 2.75) is 0 Å². The predicted octanol–water partition coefficient (Wildman–Crippen LogP) is 2.54. The zero-order valence-corrected chi connectivity index (χ0v) is 12.1. The highest BCUT2D eigenvalue weighted by molar-refractivity contribution is 5.89. The van der Waals surface area contributed by atoms with Crippen LogP contribution < -0.4 is 9.64 Å². The zero-order valence-electron chi connectivity index (χ0n) is 12.1. The van der Waals surface area contributed by atoms with E-state index in [1.807, 2.05) is 30.3 Å². The van der Waals surface area contributed by atoms with Gasteiger partial charge in [0.25, 0.3) is 0 Å². The number of rotatable bonds is 4. The Morgan fingerprint density at radius 1 is 1.09 bits per heavy atom. The van der Waals surface area contributed by atoms with Crippen LogP contribution in [0.5, 0.6) is 5.75 Å². The van der Waals surface area contributed by atoms with Gasteiger partial charge in [-0.3, -0.25) is 4.98 Å². The Hall–Kier alpha value is -2.69. The highest BCUT2D eigenvalue weighted by Gasteiger charge is 2.29. The van der Waals surface area contributed by atoms with Crippen molar-refractivity contribution in [3.63, 3.8) is 0 Å². The van der Waals surface area contributed by atoms with Gasteiger partial charge in [-0.15, -0.1) is 0 Å². The van der Waals surface area contributed by atoms with Crippen molar-refractivity contribution in [2.75, 3.05) is 24.6 Å². The second kappa shape index (κ2) is 5.60. The lowest BCUT2D eigenvalue weighted by Crippen LogP contribution is -2.49. The van der Waals surface area contributed by atoms with Crippen LogP contribution in [-0.2, 0) is 0 Å². The minimum absolute atomic E-state index is 0.522. The van der Waals surface area contributed by atoms with Gasteiger partial charge in [-0.05, 0) is 24.3 Å². The molecule has 0 N–H and O–H groups in total. The first-order chi connectivity index (χ1) is 10.9. The molecule has 2 aromatic heterocycles. The van der Waals surface area contributed by atoms with E-state index in [1.54, 1.807) is 18.7 Å². The maximum absolute atomic E-state index is 5.76. The Morgan fingerprint density at radius 2 is 2.00 bits per heavy atom. The molecule has 5 nitrogen and oxygen atoms in total. The van der Waals surface area contributed by atoms with Gasteiger partial charge >= 0.3 is 0 Å².